The Labute approximate surface area is 169 Å². The van der Waals surface area contributed by atoms with Crippen molar-refractivity contribution in [3.63, 3.8) is 0 Å². The van der Waals surface area contributed by atoms with E-state index in [9.17, 15) is 9.18 Å². The van der Waals surface area contributed by atoms with Crippen molar-refractivity contribution >= 4 is 5.91 Å². The molecule has 3 heterocycles. The van der Waals surface area contributed by atoms with Crippen molar-refractivity contribution in [2.45, 2.75) is 45.1 Å². The van der Waals surface area contributed by atoms with Gasteiger partial charge in [-0.3, -0.25) is 9.48 Å². The molecule has 1 aliphatic rings. The first-order valence-electron chi connectivity index (χ1n) is 10.1. The molecule has 0 aliphatic carbocycles. The normalized spacial score (nSPS) is 16.5. The Kier molecular flexibility index (Phi) is 5.47. The third-order valence-corrected chi connectivity index (χ3v) is 5.32. The molecular weight excluding hydrogens is 371 g/mol. The van der Waals surface area contributed by atoms with Crippen LogP contribution in [0.1, 0.15) is 65.6 Å². The molecule has 6 nitrogen and oxygen atoms in total. The summed E-state index contributed by atoms with van der Waals surface area (Å²) in [6.07, 6.45) is 5.81. The van der Waals surface area contributed by atoms with Gasteiger partial charge in [0.05, 0.1) is 11.9 Å². The van der Waals surface area contributed by atoms with Crippen LogP contribution in [0.25, 0.3) is 0 Å². The van der Waals surface area contributed by atoms with Gasteiger partial charge < -0.3 is 9.32 Å². The van der Waals surface area contributed by atoms with Gasteiger partial charge in [0.15, 0.2) is 0 Å². The highest BCUT2D eigenvalue weighted by Crippen LogP contribution is 2.33. The maximum Gasteiger partial charge on any atom is 0.272 e. The average molecular weight is 396 g/mol. The quantitative estimate of drug-likeness (QED) is 0.630. The standard InChI is InChI=1S/C22H25FN4O2/c1-3-5-17-13-20(26(2)25-17)22(28)27-11-4-6-19(27)21-24-14-18(29-21)12-15-7-9-16(23)10-8-15/h7-10,13-14,19H,3-6,11-12H2,1-2H3. The van der Waals surface area contributed by atoms with Gasteiger partial charge in [-0.05, 0) is 43.0 Å². The number of hydrogen-bond donors (Lipinski definition) is 0. The summed E-state index contributed by atoms with van der Waals surface area (Å²) in [7, 11) is 1.81. The van der Waals surface area contributed by atoms with E-state index >= 15 is 0 Å². The summed E-state index contributed by atoms with van der Waals surface area (Å²) in [5.74, 6) is 0.966. The number of benzene rings is 1. The molecule has 4 rings (SSSR count). The Morgan fingerprint density at radius 3 is 2.86 bits per heavy atom. The van der Waals surface area contributed by atoms with Crippen LogP contribution in [0.2, 0.25) is 0 Å². The van der Waals surface area contributed by atoms with Gasteiger partial charge in [0.25, 0.3) is 5.91 Å². The lowest BCUT2D eigenvalue weighted by Crippen LogP contribution is -2.32. The number of oxazole rings is 1. The predicted molar refractivity (Wildman–Crippen MR) is 106 cm³/mol. The van der Waals surface area contributed by atoms with E-state index < -0.39 is 0 Å². The number of amides is 1. The fourth-order valence-electron chi connectivity index (χ4n) is 3.88. The number of nitrogens with zero attached hydrogens (tertiary/aromatic N) is 4. The number of aromatic nitrogens is 3. The van der Waals surface area contributed by atoms with Crippen LogP contribution in [-0.2, 0) is 19.9 Å². The minimum Gasteiger partial charge on any atom is -0.443 e. The van der Waals surface area contributed by atoms with Crippen LogP contribution in [0.3, 0.4) is 0 Å². The van der Waals surface area contributed by atoms with Crippen LogP contribution in [0, 0.1) is 5.82 Å². The molecule has 0 radical (unpaired) electrons. The highest BCUT2D eigenvalue weighted by atomic mass is 19.1. The molecule has 1 saturated heterocycles. The molecular formula is C22H25FN4O2. The first-order chi connectivity index (χ1) is 14.0. The molecule has 29 heavy (non-hydrogen) atoms. The van der Waals surface area contributed by atoms with Gasteiger partial charge in [0, 0.05) is 20.0 Å². The SMILES string of the molecule is CCCc1cc(C(=O)N2CCCC2c2ncc(Cc3ccc(F)cc3)o2)n(C)n1. The summed E-state index contributed by atoms with van der Waals surface area (Å²) in [6.45, 7) is 2.77. The Morgan fingerprint density at radius 1 is 1.31 bits per heavy atom. The van der Waals surface area contributed by atoms with Gasteiger partial charge in [0.2, 0.25) is 5.89 Å². The zero-order chi connectivity index (χ0) is 20.4. The molecule has 152 valence electrons. The second-order valence-corrected chi connectivity index (χ2v) is 7.52. The largest absolute Gasteiger partial charge is 0.443 e. The van der Waals surface area contributed by atoms with Crippen LogP contribution >= 0.6 is 0 Å². The topological polar surface area (TPSA) is 64.2 Å². The molecule has 0 N–H and O–H groups in total. The molecule has 1 unspecified atom stereocenters. The maximum absolute atomic E-state index is 13.2. The Morgan fingerprint density at radius 2 is 2.10 bits per heavy atom. The van der Waals surface area contributed by atoms with E-state index in [1.165, 1.54) is 12.1 Å². The van der Waals surface area contributed by atoms with E-state index in [1.54, 1.807) is 23.0 Å². The predicted octanol–water partition coefficient (Wildman–Crippen LogP) is 4.07. The van der Waals surface area contributed by atoms with E-state index in [0.29, 0.717) is 30.3 Å². The second-order valence-electron chi connectivity index (χ2n) is 7.52. The smallest absolute Gasteiger partial charge is 0.272 e. The van der Waals surface area contributed by atoms with Gasteiger partial charge in [-0.1, -0.05) is 25.5 Å². The van der Waals surface area contributed by atoms with Crippen LogP contribution in [0.5, 0.6) is 0 Å². The van der Waals surface area contributed by atoms with Gasteiger partial charge in [-0.15, -0.1) is 0 Å². The number of halogens is 1. The number of hydrogen-bond acceptors (Lipinski definition) is 4. The Balaban J connectivity index is 1.50. The number of rotatable bonds is 6. The van der Waals surface area contributed by atoms with Crippen LogP contribution in [-0.4, -0.2) is 32.1 Å². The average Bonchev–Trinajstić information content (AvgIpc) is 3.43. The van der Waals surface area contributed by atoms with Crippen molar-refractivity contribution in [1.29, 1.82) is 0 Å². The van der Waals surface area contributed by atoms with Crippen LogP contribution < -0.4 is 0 Å². The first-order valence-corrected chi connectivity index (χ1v) is 10.1. The van der Waals surface area contributed by atoms with Crippen molar-refractivity contribution in [3.05, 3.63) is 70.9 Å². The van der Waals surface area contributed by atoms with Crippen molar-refractivity contribution in [1.82, 2.24) is 19.7 Å². The molecule has 2 aromatic heterocycles. The highest BCUT2D eigenvalue weighted by molar-refractivity contribution is 5.93. The maximum atomic E-state index is 13.2. The van der Waals surface area contributed by atoms with Gasteiger partial charge in [-0.25, -0.2) is 9.37 Å². The zero-order valence-electron chi connectivity index (χ0n) is 16.8. The molecule has 1 amide bonds. The molecule has 1 atom stereocenters. The monoisotopic (exact) mass is 396 g/mol. The van der Waals surface area contributed by atoms with Crippen molar-refractivity contribution in [2.24, 2.45) is 7.05 Å². The van der Waals surface area contributed by atoms with E-state index in [0.717, 1.165) is 36.9 Å². The lowest BCUT2D eigenvalue weighted by Gasteiger charge is -2.22. The van der Waals surface area contributed by atoms with E-state index in [-0.39, 0.29) is 17.8 Å². The molecule has 0 saturated carbocycles. The molecule has 1 fully saturated rings. The molecule has 7 heteroatoms. The molecule has 1 aromatic carbocycles. The highest BCUT2D eigenvalue weighted by Gasteiger charge is 2.35. The van der Waals surface area contributed by atoms with Crippen LogP contribution in [0.4, 0.5) is 4.39 Å². The molecule has 0 bridgehead atoms. The minimum absolute atomic E-state index is 0.0388. The fraction of sp³-hybridized carbons (Fsp3) is 0.409. The summed E-state index contributed by atoms with van der Waals surface area (Å²) in [5, 5.41) is 4.45. The fourth-order valence-corrected chi connectivity index (χ4v) is 3.88. The number of aryl methyl sites for hydroxylation is 2. The number of carbonyl (C=O) groups excluding carboxylic acids is 1. The third kappa shape index (κ3) is 4.09. The van der Waals surface area contributed by atoms with E-state index in [2.05, 4.69) is 17.0 Å². The van der Waals surface area contributed by atoms with Crippen LogP contribution in [0.15, 0.2) is 40.9 Å². The summed E-state index contributed by atoms with van der Waals surface area (Å²) in [6, 6.07) is 8.05. The molecule has 0 spiro atoms. The van der Waals surface area contributed by atoms with Crippen molar-refractivity contribution in [2.75, 3.05) is 6.54 Å². The van der Waals surface area contributed by atoms with Crippen molar-refractivity contribution in [3.8, 4) is 0 Å². The Bertz CT molecular complexity index is 993. The third-order valence-electron chi connectivity index (χ3n) is 5.32. The van der Waals surface area contributed by atoms with E-state index in [4.69, 9.17) is 4.42 Å². The summed E-state index contributed by atoms with van der Waals surface area (Å²) >= 11 is 0. The molecule has 3 aromatic rings. The minimum atomic E-state index is -0.260. The van der Waals surface area contributed by atoms with Gasteiger partial charge in [0.1, 0.15) is 23.3 Å². The van der Waals surface area contributed by atoms with Gasteiger partial charge >= 0.3 is 0 Å². The van der Waals surface area contributed by atoms with Crippen molar-refractivity contribution < 1.29 is 13.6 Å². The lowest BCUT2D eigenvalue weighted by molar-refractivity contribution is 0.0703. The molecule has 1 aliphatic heterocycles. The summed E-state index contributed by atoms with van der Waals surface area (Å²) < 4.78 is 20.7. The van der Waals surface area contributed by atoms with Gasteiger partial charge in [-0.2, -0.15) is 5.10 Å². The number of likely N-dealkylation sites (tertiary alicyclic amines) is 1. The lowest BCUT2D eigenvalue weighted by atomic mass is 10.1. The zero-order valence-corrected chi connectivity index (χ0v) is 16.8. The summed E-state index contributed by atoms with van der Waals surface area (Å²) in [4.78, 5) is 19.4. The van der Waals surface area contributed by atoms with E-state index in [1.807, 2.05) is 18.0 Å². The number of carbonyl (C=O) groups is 1. The first kappa shape index (κ1) is 19.4. The summed E-state index contributed by atoms with van der Waals surface area (Å²) in [5.41, 5.74) is 2.48. The Hall–Kier alpha value is -2.96. The second kappa shape index (κ2) is 8.19.